The summed E-state index contributed by atoms with van der Waals surface area (Å²) in [5, 5.41) is 0. The number of amides is 1. The fourth-order valence-electron chi connectivity index (χ4n) is 4.78. The van der Waals surface area contributed by atoms with E-state index in [1.54, 1.807) is 0 Å². The van der Waals surface area contributed by atoms with Gasteiger partial charge in [-0.25, -0.2) is 0 Å². The summed E-state index contributed by atoms with van der Waals surface area (Å²) in [6, 6.07) is 10.5. The zero-order valence-corrected chi connectivity index (χ0v) is 16.4. The van der Waals surface area contributed by atoms with Gasteiger partial charge in [-0.2, -0.15) is 0 Å². The Morgan fingerprint density at radius 2 is 2.04 bits per heavy atom. The predicted molar refractivity (Wildman–Crippen MR) is 105 cm³/mol. The van der Waals surface area contributed by atoms with Crippen LogP contribution in [0.4, 0.5) is 0 Å². The van der Waals surface area contributed by atoms with E-state index in [1.807, 2.05) is 49.4 Å². The van der Waals surface area contributed by atoms with Crippen molar-refractivity contribution in [3.05, 3.63) is 36.1 Å². The molecule has 3 atom stereocenters. The second kappa shape index (κ2) is 8.03. The maximum absolute atomic E-state index is 13.0. The second-order valence-electron chi connectivity index (χ2n) is 7.98. The van der Waals surface area contributed by atoms with Crippen LogP contribution < -0.4 is 0 Å². The van der Waals surface area contributed by atoms with Crippen molar-refractivity contribution in [2.45, 2.75) is 56.7 Å². The number of ether oxygens (including phenoxy) is 1. The molecule has 5 nitrogen and oxygen atoms in total. The van der Waals surface area contributed by atoms with Crippen molar-refractivity contribution in [3.8, 4) is 11.3 Å². The summed E-state index contributed by atoms with van der Waals surface area (Å²) in [6.45, 7) is 2.28. The molecule has 5 heteroatoms. The van der Waals surface area contributed by atoms with E-state index >= 15 is 0 Å². The van der Waals surface area contributed by atoms with Gasteiger partial charge < -0.3 is 14.1 Å². The molecule has 0 N–H and O–H groups in total. The van der Waals surface area contributed by atoms with E-state index in [1.165, 1.54) is 12.8 Å². The Labute approximate surface area is 161 Å². The maximum Gasteiger partial charge on any atom is 0.230 e. The van der Waals surface area contributed by atoms with Gasteiger partial charge in [0.05, 0.1) is 12.5 Å². The lowest BCUT2D eigenvalue weighted by molar-refractivity contribution is -0.134. The van der Waals surface area contributed by atoms with Gasteiger partial charge in [-0.3, -0.25) is 9.69 Å². The van der Waals surface area contributed by atoms with E-state index in [4.69, 9.17) is 9.15 Å². The van der Waals surface area contributed by atoms with Gasteiger partial charge in [-0.1, -0.05) is 12.1 Å². The topological polar surface area (TPSA) is 45.9 Å². The highest BCUT2D eigenvalue weighted by atomic mass is 16.5. The van der Waals surface area contributed by atoms with E-state index in [0.717, 1.165) is 49.4 Å². The minimum Gasteiger partial charge on any atom is -0.461 e. The van der Waals surface area contributed by atoms with Crippen LogP contribution in [0.2, 0.25) is 0 Å². The summed E-state index contributed by atoms with van der Waals surface area (Å²) in [5.74, 6) is 1.71. The molecule has 0 spiro atoms. The molecule has 0 radical (unpaired) electrons. The van der Waals surface area contributed by atoms with Gasteiger partial charge in [-0.05, 0) is 63.4 Å². The number of likely N-dealkylation sites (N-methyl/N-ethyl adjacent to an activating group) is 1. The number of carbonyl (C=O) groups is 1. The summed E-state index contributed by atoms with van der Waals surface area (Å²) in [6.07, 6.45) is 6.18. The molecule has 2 aliphatic carbocycles. The SMILES string of the molecule is COC1CCC(N(C)C(=O)Cc2ccc3cccc-3o2)C(N2CCCC2)C1. The van der Waals surface area contributed by atoms with Crippen molar-refractivity contribution in [3.63, 3.8) is 0 Å². The molecule has 0 bridgehead atoms. The number of likely N-dealkylation sites (tertiary alicyclic amines) is 1. The molecule has 146 valence electrons. The molecule has 4 aliphatic rings. The average Bonchev–Trinajstić information content (AvgIpc) is 3.38. The monoisotopic (exact) mass is 370 g/mol. The van der Waals surface area contributed by atoms with Crippen LogP contribution in [0.15, 0.2) is 34.7 Å². The van der Waals surface area contributed by atoms with Gasteiger partial charge >= 0.3 is 0 Å². The molecular weight excluding hydrogens is 340 g/mol. The van der Waals surface area contributed by atoms with Gasteiger partial charge in [0.2, 0.25) is 5.91 Å². The van der Waals surface area contributed by atoms with Crippen molar-refractivity contribution in [1.29, 1.82) is 0 Å². The number of hydrogen-bond donors (Lipinski definition) is 0. The number of methoxy groups -OCH3 is 1. The third kappa shape index (κ3) is 3.90. The third-order valence-corrected chi connectivity index (χ3v) is 6.39. The summed E-state index contributed by atoms with van der Waals surface area (Å²) in [7, 11) is 3.77. The van der Waals surface area contributed by atoms with Crippen molar-refractivity contribution < 1.29 is 13.9 Å². The number of hydrogen-bond acceptors (Lipinski definition) is 4. The van der Waals surface area contributed by atoms with Crippen LogP contribution in [0.1, 0.15) is 37.9 Å². The maximum atomic E-state index is 13.0. The number of fused-ring (bicyclic) bond motifs is 1. The highest BCUT2D eigenvalue weighted by Gasteiger charge is 2.38. The highest BCUT2D eigenvalue weighted by Crippen LogP contribution is 2.31. The smallest absolute Gasteiger partial charge is 0.230 e. The quantitative estimate of drug-likeness (QED) is 0.809. The molecule has 1 amide bonds. The fraction of sp³-hybridized carbons (Fsp3) is 0.591. The minimum absolute atomic E-state index is 0.134. The van der Waals surface area contributed by atoms with E-state index in [0.29, 0.717) is 18.6 Å². The fourth-order valence-corrected chi connectivity index (χ4v) is 4.78. The first-order valence-corrected chi connectivity index (χ1v) is 10.2. The van der Waals surface area contributed by atoms with E-state index in [-0.39, 0.29) is 11.9 Å². The molecule has 0 aromatic rings. The summed E-state index contributed by atoms with van der Waals surface area (Å²) in [4.78, 5) is 17.6. The summed E-state index contributed by atoms with van der Waals surface area (Å²) >= 11 is 0. The number of nitrogens with zero attached hydrogens (tertiary/aromatic N) is 2. The predicted octanol–water partition coefficient (Wildman–Crippen LogP) is 3.42. The molecule has 4 rings (SSSR count). The zero-order chi connectivity index (χ0) is 18.8. The molecule has 2 heterocycles. The Morgan fingerprint density at radius 3 is 2.81 bits per heavy atom. The van der Waals surface area contributed by atoms with Crippen LogP contribution in [0, 0.1) is 0 Å². The molecule has 2 aliphatic heterocycles. The van der Waals surface area contributed by atoms with Crippen molar-refractivity contribution >= 4 is 5.91 Å². The molecule has 27 heavy (non-hydrogen) atoms. The van der Waals surface area contributed by atoms with Gasteiger partial charge in [-0.15, -0.1) is 0 Å². The molecule has 0 aromatic heterocycles. The van der Waals surface area contributed by atoms with Crippen LogP contribution >= 0.6 is 0 Å². The standard InChI is InChI=1S/C22H30N2O3/c1-23(22(25)15-18-9-8-16-6-5-7-21(16)27-18)19-11-10-17(26-2)14-20(19)24-12-3-4-13-24/h5-9,17,19-20H,3-4,10-15H2,1-2H3. The Morgan fingerprint density at radius 1 is 1.22 bits per heavy atom. The van der Waals surface area contributed by atoms with Gasteiger partial charge in [0.15, 0.2) is 0 Å². The number of carbonyl (C=O) groups excluding carboxylic acids is 1. The zero-order valence-electron chi connectivity index (χ0n) is 16.4. The normalized spacial score (nSPS) is 26.5. The Balaban J connectivity index is 1.46. The Bertz CT molecular complexity index is 737. The first kappa shape index (κ1) is 18.5. The van der Waals surface area contributed by atoms with Crippen LogP contribution in [-0.4, -0.2) is 61.1 Å². The molecule has 1 saturated carbocycles. The summed E-state index contributed by atoms with van der Waals surface area (Å²) in [5.41, 5.74) is 1.08. The van der Waals surface area contributed by atoms with E-state index in [9.17, 15) is 4.79 Å². The van der Waals surface area contributed by atoms with Gasteiger partial charge in [0.25, 0.3) is 0 Å². The lowest BCUT2D eigenvalue weighted by atomic mass is 9.86. The van der Waals surface area contributed by atoms with Gasteiger partial charge in [0, 0.05) is 31.8 Å². The van der Waals surface area contributed by atoms with Crippen molar-refractivity contribution in [1.82, 2.24) is 9.80 Å². The molecule has 2 fully saturated rings. The Hall–Kier alpha value is -1.85. The third-order valence-electron chi connectivity index (χ3n) is 6.39. The Kier molecular flexibility index (Phi) is 5.50. The average molecular weight is 370 g/mol. The lowest BCUT2D eigenvalue weighted by Gasteiger charge is -2.44. The van der Waals surface area contributed by atoms with Crippen LogP contribution in [0.25, 0.3) is 11.3 Å². The van der Waals surface area contributed by atoms with E-state index < -0.39 is 0 Å². The largest absolute Gasteiger partial charge is 0.461 e. The van der Waals surface area contributed by atoms with Crippen molar-refractivity contribution in [2.24, 2.45) is 0 Å². The number of rotatable bonds is 5. The van der Waals surface area contributed by atoms with Gasteiger partial charge in [0.1, 0.15) is 11.5 Å². The van der Waals surface area contributed by atoms with Crippen LogP contribution in [0.3, 0.4) is 0 Å². The molecule has 3 unspecified atom stereocenters. The first-order chi connectivity index (χ1) is 13.2. The minimum atomic E-state index is 0.134. The van der Waals surface area contributed by atoms with E-state index in [2.05, 4.69) is 4.90 Å². The second-order valence-corrected chi connectivity index (χ2v) is 7.98. The first-order valence-electron chi connectivity index (χ1n) is 10.2. The van der Waals surface area contributed by atoms with Crippen molar-refractivity contribution in [2.75, 3.05) is 27.2 Å². The van der Waals surface area contributed by atoms with Crippen LogP contribution in [0.5, 0.6) is 0 Å². The molecular formula is C22H30N2O3. The highest BCUT2D eigenvalue weighted by molar-refractivity contribution is 5.78. The lowest BCUT2D eigenvalue weighted by Crippen LogP contribution is -2.55. The molecule has 1 saturated heterocycles. The summed E-state index contributed by atoms with van der Waals surface area (Å²) < 4.78 is 11.5. The van der Waals surface area contributed by atoms with Crippen LogP contribution in [-0.2, 0) is 16.0 Å². The molecule has 0 aromatic carbocycles.